The van der Waals surface area contributed by atoms with E-state index in [0.29, 0.717) is 6.04 Å². The third-order valence-corrected chi connectivity index (χ3v) is 3.91. The van der Waals surface area contributed by atoms with Gasteiger partial charge in [-0.3, -0.25) is 14.9 Å². The van der Waals surface area contributed by atoms with Crippen molar-refractivity contribution >= 4 is 5.97 Å². The molecule has 1 N–H and O–H groups in total. The van der Waals surface area contributed by atoms with Crippen LogP contribution in [0, 0.1) is 0 Å². The van der Waals surface area contributed by atoms with Gasteiger partial charge < -0.3 is 5.11 Å². The molecule has 1 saturated heterocycles. The molecule has 1 aliphatic heterocycles. The summed E-state index contributed by atoms with van der Waals surface area (Å²) in [5.41, 5.74) is 2.71. The molecule has 0 radical (unpaired) electrons. The fourth-order valence-corrected chi connectivity index (χ4v) is 2.78. The maximum Gasteiger partial charge on any atom is 0.337 e. The van der Waals surface area contributed by atoms with E-state index in [1.807, 2.05) is 18.2 Å². The standard InChI is InChI=1S/C16H17N3O2/c1-19-7-3-6-15(19)14-5-2-4-13(18-14)11-8-12(16(20)21)10-17-9-11/h2,4-5,8-10,15H,3,6-7H2,1H3,(H,20,21)/t15-/m1/s1. The number of carboxylic acids is 1. The van der Waals surface area contributed by atoms with Gasteiger partial charge in [-0.05, 0) is 44.6 Å². The molecule has 0 saturated carbocycles. The van der Waals surface area contributed by atoms with E-state index in [1.54, 1.807) is 12.3 Å². The van der Waals surface area contributed by atoms with Gasteiger partial charge in [0.15, 0.2) is 0 Å². The van der Waals surface area contributed by atoms with E-state index >= 15 is 0 Å². The summed E-state index contributed by atoms with van der Waals surface area (Å²) in [5, 5.41) is 9.05. The second-order valence-corrected chi connectivity index (χ2v) is 5.35. The normalized spacial score (nSPS) is 18.8. The largest absolute Gasteiger partial charge is 0.478 e. The summed E-state index contributed by atoms with van der Waals surface area (Å²) >= 11 is 0. The molecule has 108 valence electrons. The van der Waals surface area contributed by atoms with E-state index in [1.165, 1.54) is 12.6 Å². The van der Waals surface area contributed by atoms with E-state index in [4.69, 9.17) is 10.1 Å². The van der Waals surface area contributed by atoms with Crippen LogP contribution in [0.5, 0.6) is 0 Å². The molecule has 0 aromatic carbocycles. The second-order valence-electron chi connectivity index (χ2n) is 5.35. The maximum atomic E-state index is 11.0. The van der Waals surface area contributed by atoms with Crippen molar-refractivity contribution in [1.29, 1.82) is 0 Å². The van der Waals surface area contributed by atoms with E-state index in [9.17, 15) is 4.79 Å². The van der Waals surface area contributed by atoms with E-state index < -0.39 is 5.97 Å². The Hall–Kier alpha value is -2.27. The molecule has 0 aliphatic carbocycles. The predicted molar refractivity (Wildman–Crippen MR) is 79.0 cm³/mol. The number of carboxylic acid groups (broad SMARTS) is 1. The number of hydrogen-bond acceptors (Lipinski definition) is 4. The fraction of sp³-hybridized carbons (Fsp3) is 0.312. The zero-order valence-corrected chi connectivity index (χ0v) is 11.9. The van der Waals surface area contributed by atoms with Gasteiger partial charge in [-0.1, -0.05) is 6.07 Å². The number of aromatic carboxylic acids is 1. The van der Waals surface area contributed by atoms with Crippen LogP contribution in [0.4, 0.5) is 0 Å². The Morgan fingerprint density at radius 1 is 1.38 bits per heavy atom. The second kappa shape index (κ2) is 5.61. The molecule has 1 aliphatic rings. The van der Waals surface area contributed by atoms with Crippen molar-refractivity contribution < 1.29 is 9.90 Å². The first kappa shape index (κ1) is 13.7. The third kappa shape index (κ3) is 2.78. The van der Waals surface area contributed by atoms with Gasteiger partial charge in [0.25, 0.3) is 0 Å². The molecule has 5 heteroatoms. The molecule has 3 rings (SSSR count). The molecule has 0 bridgehead atoms. The Labute approximate surface area is 123 Å². The van der Waals surface area contributed by atoms with Crippen LogP contribution in [0.15, 0.2) is 36.7 Å². The van der Waals surface area contributed by atoms with Gasteiger partial charge in [-0.25, -0.2) is 4.79 Å². The van der Waals surface area contributed by atoms with Crippen LogP contribution in [-0.2, 0) is 0 Å². The van der Waals surface area contributed by atoms with Gasteiger partial charge in [-0.2, -0.15) is 0 Å². The Morgan fingerprint density at radius 2 is 2.24 bits per heavy atom. The Kier molecular flexibility index (Phi) is 3.66. The maximum absolute atomic E-state index is 11.0. The minimum Gasteiger partial charge on any atom is -0.478 e. The number of carbonyl (C=O) groups is 1. The average Bonchev–Trinajstić information content (AvgIpc) is 2.94. The zero-order chi connectivity index (χ0) is 14.8. The number of hydrogen-bond donors (Lipinski definition) is 1. The highest BCUT2D eigenvalue weighted by Crippen LogP contribution is 2.30. The summed E-state index contributed by atoms with van der Waals surface area (Å²) in [5.74, 6) is -0.976. The van der Waals surface area contributed by atoms with Gasteiger partial charge >= 0.3 is 5.97 Å². The highest BCUT2D eigenvalue weighted by molar-refractivity contribution is 5.88. The van der Waals surface area contributed by atoms with Gasteiger partial charge in [0.2, 0.25) is 0 Å². The molecule has 1 fully saturated rings. The molecule has 1 atom stereocenters. The van der Waals surface area contributed by atoms with Crippen molar-refractivity contribution in [3.05, 3.63) is 47.9 Å². The molecular weight excluding hydrogens is 266 g/mol. The van der Waals surface area contributed by atoms with Crippen molar-refractivity contribution in [2.45, 2.75) is 18.9 Å². The Balaban J connectivity index is 1.96. The van der Waals surface area contributed by atoms with Gasteiger partial charge in [0, 0.05) is 18.0 Å². The SMILES string of the molecule is CN1CCC[C@@H]1c1cccc(-c2cncc(C(=O)O)c2)n1. The summed E-state index contributed by atoms with van der Waals surface area (Å²) in [6.07, 6.45) is 5.29. The van der Waals surface area contributed by atoms with Crippen molar-refractivity contribution in [3.8, 4) is 11.3 Å². The summed E-state index contributed by atoms with van der Waals surface area (Å²) < 4.78 is 0. The van der Waals surface area contributed by atoms with Crippen LogP contribution in [0.1, 0.15) is 34.9 Å². The van der Waals surface area contributed by atoms with E-state index in [-0.39, 0.29) is 5.56 Å². The lowest BCUT2D eigenvalue weighted by Crippen LogP contribution is -2.18. The van der Waals surface area contributed by atoms with Crippen molar-refractivity contribution in [1.82, 2.24) is 14.9 Å². The van der Waals surface area contributed by atoms with Crippen LogP contribution in [0.25, 0.3) is 11.3 Å². The number of aromatic nitrogens is 2. The molecule has 21 heavy (non-hydrogen) atoms. The van der Waals surface area contributed by atoms with Crippen LogP contribution in [0.3, 0.4) is 0 Å². The number of pyridine rings is 2. The quantitative estimate of drug-likeness (QED) is 0.938. The summed E-state index contributed by atoms with van der Waals surface area (Å²) in [6, 6.07) is 7.85. The molecule has 5 nitrogen and oxygen atoms in total. The smallest absolute Gasteiger partial charge is 0.337 e. The van der Waals surface area contributed by atoms with E-state index in [0.717, 1.165) is 29.9 Å². The summed E-state index contributed by atoms with van der Waals surface area (Å²) in [6.45, 7) is 1.09. The highest BCUT2D eigenvalue weighted by atomic mass is 16.4. The number of nitrogens with zero attached hydrogens (tertiary/aromatic N) is 3. The van der Waals surface area contributed by atoms with Gasteiger partial charge in [0.1, 0.15) is 0 Å². The summed E-state index contributed by atoms with van der Waals surface area (Å²) in [7, 11) is 2.11. The van der Waals surface area contributed by atoms with Crippen LogP contribution in [0.2, 0.25) is 0 Å². The predicted octanol–water partition coefficient (Wildman–Crippen LogP) is 2.61. The molecule has 0 spiro atoms. The van der Waals surface area contributed by atoms with Crippen LogP contribution >= 0.6 is 0 Å². The minimum atomic E-state index is -0.976. The van der Waals surface area contributed by atoms with Crippen LogP contribution < -0.4 is 0 Å². The lowest BCUT2D eigenvalue weighted by molar-refractivity contribution is 0.0696. The topological polar surface area (TPSA) is 66.3 Å². The van der Waals surface area contributed by atoms with Crippen molar-refractivity contribution in [2.75, 3.05) is 13.6 Å². The fourth-order valence-electron chi connectivity index (χ4n) is 2.78. The molecule has 0 amide bonds. The first-order chi connectivity index (χ1) is 10.1. The van der Waals surface area contributed by atoms with Gasteiger partial charge in [0.05, 0.1) is 23.0 Å². The minimum absolute atomic E-state index is 0.178. The Morgan fingerprint density at radius 3 is 2.95 bits per heavy atom. The molecule has 0 unspecified atom stereocenters. The molecule has 2 aromatic heterocycles. The van der Waals surface area contributed by atoms with Crippen molar-refractivity contribution in [2.24, 2.45) is 0 Å². The monoisotopic (exact) mass is 283 g/mol. The van der Waals surface area contributed by atoms with Gasteiger partial charge in [-0.15, -0.1) is 0 Å². The zero-order valence-electron chi connectivity index (χ0n) is 11.9. The molecule has 3 heterocycles. The number of likely N-dealkylation sites (tertiary alicyclic amines) is 1. The highest BCUT2D eigenvalue weighted by Gasteiger charge is 2.23. The molecule has 2 aromatic rings. The Bertz CT molecular complexity index is 672. The average molecular weight is 283 g/mol. The van der Waals surface area contributed by atoms with Crippen molar-refractivity contribution in [3.63, 3.8) is 0 Å². The van der Waals surface area contributed by atoms with Crippen LogP contribution in [-0.4, -0.2) is 39.5 Å². The third-order valence-electron chi connectivity index (χ3n) is 3.91. The number of rotatable bonds is 3. The first-order valence-corrected chi connectivity index (χ1v) is 7.01. The molecular formula is C16H17N3O2. The lowest BCUT2D eigenvalue weighted by atomic mass is 10.1. The first-order valence-electron chi connectivity index (χ1n) is 7.01. The summed E-state index contributed by atoms with van der Waals surface area (Å²) in [4.78, 5) is 22.0. The lowest BCUT2D eigenvalue weighted by Gasteiger charge is -2.19. The van der Waals surface area contributed by atoms with E-state index in [2.05, 4.69) is 16.9 Å².